The lowest BCUT2D eigenvalue weighted by Crippen LogP contribution is -2.24. The van der Waals surface area contributed by atoms with Crippen molar-refractivity contribution in [2.24, 2.45) is 0 Å². The number of amides is 1. The number of nitrogens with zero attached hydrogens (tertiary/aromatic N) is 3. The maximum Gasteiger partial charge on any atom is 0.270 e. The van der Waals surface area contributed by atoms with Crippen molar-refractivity contribution in [1.29, 1.82) is 0 Å². The van der Waals surface area contributed by atoms with E-state index in [0.717, 1.165) is 5.56 Å². The summed E-state index contributed by atoms with van der Waals surface area (Å²) >= 11 is 0. The fraction of sp³-hybridized carbons (Fsp3) is 0.125. The Morgan fingerprint density at radius 3 is 2.87 bits per heavy atom. The molecular formula is C16H15N5O2. The standard InChI is InChI=1S/C16H15N5O2/c22-15(19-11-13-4-2-8-23-13)14-5-7-18-16(21-14)20-10-12-3-1-6-17-9-12/h1-9H,10-11H2,(H,19,22)(H,18,20,21). The van der Waals surface area contributed by atoms with Crippen LogP contribution in [0.3, 0.4) is 0 Å². The molecule has 3 aromatic heterocycles. The van der Waals surface area contributed by atoms with Crippen molar-refractivity contribution in [2.45, 2.75) is 13.1 Å². The normalized spacial score (nSPS) is 10.3. The number of anilines is 1. The highest BCUT2D eigenvalue weighted by atomic mass is 16.3. The highest BCUT2D eigenvalue weighted by molar-refractivity contribution is 5.92. The predicted molar refractivity (Wildman–Crippen MR) is 83.5 cm³/mol. The first-order valence-corrected chi connectivity index (χ1v) is 7.07. The molecule has 7 heteroatoms. The molecule has 0 atom stereocenters. The summed E-state index contributed by atoms with van der Waals surface area (Å²) in [5.41, 5.74) is 1.30. The zero-order chi connectivity index (χ0) is 15.9. The molecule has 0 radical (unpaired) electrons. The second-order valence-electron chi connectivity index (χ2n) is 4.74. The Morgan fingerprint density at radius 1 is 1.13 bits per heavy atom. The molecule has 3 heterocycles. The average molecular weight is 309 g/mol. The molecule has 0 saturated carbocycles. The molecule has 116 valence electrons. The third-order valence-electron chi connectivity index (χ3n) is 3.06. The Hall–Kier alpha value is -3.22. The van der Waals surface area contributed by atoms with Crippen molar-refractivity contribution in [1.82, 2.24) is 20.3 Å². The highest BCUT2D eigenvalue weighted by Crippen LogP contribution is 2.05. The lowest BCUT2D eigenvalue weighted by atomic mass is 10.3. The van der Waals surface area contributed by atoms with Crippen LogP contribution in [0.25, 0.3) is 0 Å². The number of nitrogens with one attached hydrogen (secondary N) is 2. The topological polar surface area (TPSA) is 92.9 Å². The summed E-state index contributed by atoms with van der Waals surface area (Å²) in [6.07, 6.45) is 6.57. The van der Waals surface area contributed by atoms with Gasteiger partial charge in [0.1, 0.15) is 11.5 Å². The van der Waals surface area contributed by atoms with E-state index in [1.54, 1.807) is 43.1 Å². The summed E-state index contributed by atoms with van der Waals surface area (Å²) in [6, 6.07) is 8.93. The number of rotatable bonds is 6. The van der Waals surface area contributed by atoms with Gasteiger partial charge >= 0.3 is 0 Å². The molecule has 0 aromatic carbocycles. The quantitative estimate of drug-likeness (QED) is 0.723. The van der Waals surface area contributed by atoms with Gasteiger partial charge in [-0.3, -0.25) is 9.78 Å². The highest BCUT2D eigenvalue weighted by Gasteiger charge is 2.09. The molecule has 0 aliphatic carbocycles. The van der Waals surface area contributed by atoms with Gasteiger partial charge < -0.3 is 15.1 Å². The van der Waals surface area contributed by atoms with Crippen molar-refractivity contribution in [2.75, 3.05) is 5.32 Å². The van der Waals surface area contributed by atoms with Gasteiger partial charge in [0.05, 0.1) is 12.8 Å². The number of hydrogen-bond acceptors (Lipinski definition) is 6. The van der Waals surface area contributed by atoms with Crippen LogP contribution in [0.2, 0.25) is 0 Å². The zero-order valence-electron chi connectivity index (χ0n) is 12.3. The summed E-state index contributed by atoms with van der Waals surface area (Å²) < 4.78 is 5.17. The van der Waals surface area contributed by atoms with Crippen molar-refractivity contribution in [3.63, 3.8) is 0 Å². The molecule has 7 nitrogen and oxygen atoms in total. The molecule has 0 aliphatic rings. The van der Waals surface area contributed by atoms with Crippen LogP contribution in [-0.2, 0) is 13.1 Å². The van der Waals surface area contributed by atoms with Crippen LogP contribution in [0, 0.1) is 0 Å². The monoisotopic (exact) mass is 309 g/mol. The van der Waals surface area contributed by atoms with Crippen molar-refractivity contribution < 1.29 is 9.21 Å². The first-order valence-electron chi connectivity index (χ1n) is 7.07. The molecule has 3 aromatic rings. The van der Waals surface area contributed by atoms with Crippen LogP contribution in [-0.4, -0.2) is 20.9 Å². The molecule has 0 fully saturated rings. The van der Waals surface area contributed by atoms with Crippen LogP contribution >= 0.6 is 0 Å². The molecule has 3 rings (SSSR count). The Bertz CT molecular complexity index is 759. The van der Waals surface area contributed by atoms with E-state index >= 15 is 0 Å². The van der Waals surface area contributed by atoms with E-state index < -0.39 is 0 Å². The fourth-order valence-electron chi connectivity index (χ4n) is 1.93. The van der Waals surface area contributed by atoms with Crippen LogP contribution in [0.1, 0.15) is 21.8 Å². The molecule has 2 N–H and O–H groups in total. The van der Waals surface area contributed by atoms with Crippen LogP contribution in [0.5, 0.6) is 0 Å². The smallest absolute Gasteiger partial charge is 0.270 e. The largest absolute Gasteiger partial charge is 0.467 e. The van der Waals surface area contributed by atoms with Gasteiger partial charge in [-0.15, -0.1) is 0 Å². The Kier molecular flexibility index (Phi) is 4.58. The van der Waals surface area contributed by atoms with Crippen molar-refractivity contribution in [3.05, 3.63) is 72.2 Å². The van der Waals surface area contributed by atoms with Gasteiger partial charge in [0.25, 0.3) is 5.91 Å². The first kappa shape index (κ1) is 14.7. The minimum absolute atomic E-state index is 0.284. The Morgan fingerprint density at radius 2 is 2.09 bits per heavy atom. The lowest BCUT2D eigenvalue weighted by Gasteiger charge is -2.06. The summed E-state index contributed by atoms with van der Waals surface area (Å²) in [4.78, 5) is 24.4. The van der Waals surface area contributed by atoms with E-state index in [-0.39, 0.29) is 5.91 Å². The van der Waals surface area contributed by atoms with E-state index in [9.17, 15) is 4.79 Å². The van der Waals surface area contributed by atoms with Gasteiger partial charge in [-0.1, -0.05) is 6.07 Å². The Labute approximate surface area is 132 Å². The third-order valence-corrected chi connectivity index (χ3v) is 3.06. The molecule has 0 spiro atoms. The number of hydrogen-bond donors (Lipinski definition) is 2. The average Bonchev–Trinajstić information content (AvgIpc) is 3.12. The van der Waals surface area contributed by atoms with E-state index in [4.69, 9.17) is 4.42 Å². The fourth-order valence-corrected chi connectivity index (χ4v) is 1.93. The van der Waals surface area contributed by atoms with E-state index in [2.05, 4.69) is 25.6 Å². The minimum Gasteiger partial charge on any atom is -0.467 e. The zero-order valence-corrected chi connectivity index (χ0v) is 12.3. The third kappa shape index (κ3) is 4.13. The van der Waals surface area contributed by atoms with Gasteiger partial charge in [0.15, 0.2) is 0 Å². The number of carbonyl (C=O) groups excluding carboxylic acids is 1. The van der Waals surface area contributed by atoms with Gasteiger partial charge in [-0.25, -0.2) is 9.97 Å². The summed E-state index contributed by atoms with van der Waals surface area (Å²) in [5, 5.41) is 5.81. The second kappa shape index (κ2) is 7.17. The molecule has 1 amide bonds. The molecule has 23 heavy (non-hydrogen) atoms. The predicted octanol–water partition coefficient (Wildman–Crippen LogP) is 2.01. The van der Waals surface area contributed by atoms with Crippen molar-refractivity contribution in [3.8, 4) is 0 Å². The van der Waals surface area contributed by atoms with E-state index in [1.165, 1.54) is 0 Å². The minimum atomic E-state index is -0.284. The molecule has 0 aliphatic heterocycles. The van der Waals surface area contributed by atoms with Crippen LogP contribution < -0.4 is 10.6 Å². The SMILES string of the molecule is O=C(NCc1ccco1)c1ccnc(NCc2cccnc2)n1. The van der Waals surface area contributed by atoms with Crippen LogP contribution in [0.4, 0.5) is 5.95 Å². The molecular weight excluding hydrogens is 294 g/mol. The second-order valence-corrected chi connectivity index (χ2v) is 4.74. The van der Waals surface area contributed by atoms with E-state index in [0.29, 0.717) is 30.5 Å². The van der Waals surface area contributed by atoms with Gasteiger partial charge in [0.2, 0.25) is 5.95 Å². The molecule has 0 saturated heterocycles. The summed E-state index contributed by atoms with van der Waals surface area (Å²) in [7, 11) is 0. The summed E-state index contributed by atoms with van der Waals surface area (Å²) in [5.74, 6) is 0.787. The molecule has 0 unspecified atom stereocenters. The number of furan rings is 1. The molecule has 0 bridgehead atoms. The number of aromatic nitrogens is 3. The maximum atomic E-state index is 12.1. The Balaban J connectivity index is 1.59. The van der Waals surface area contributed by atoms with Crippen LogP contribution in [0.15, 0.2) is 59.6 Å². The van der Waals surface area contributed by atoms with Crippen molar-refractivity contribution >= 4 is 11.9 Å². The van der Waals surface area contributed by atoms with Gasteiger partial charge in [-0.2, -0.15) is 0 Å². The van der Waals surface area contributed by atoms with Gasteiger partial charge in [0, 0.05) is 25.1 Å². The van der Waals surface area contributed by atoms with E-state index in [1.807, 2.05) is 12.1 Å². The number of carbonyl (C=O) groups is 1. The lowest BCUT2D eigenvalue weighted by molar-refractivity contribution is 0.0943. The summed E-state index contributed by atoms with van der Waals surface area (Å²) in [6.45, 7) is 0.847. The van der Waals surface area contributed by atoms with Gasteiger partial charge in [-0.05, 0) is 29.8 Å². The number of pyridine rings is 1. The first-order chi connectivity index (χ1) is 11.3. The maximum absolute atomic E-state index is 12.1.